The molecule has 0 fully saturated rings. The van der Waals surface area contributed by atoms with Gasteiger partial charge in [-0.15, -0.1) is 0 Å². The summed E-state index contributed by atoms with van der Waals surface area (Å²) in [5.74, 6) is -0.916. The predicted octanol–water partition coefficient (Wildman–Crippen LogP) is -0.815. The summed E-state index contributed by atoms with van der Waals surface area (Å²) < 4.78 is 5.96. The molecular formula is C7H8BN3O4. The first-order chi connectivity index (χ1) is 6.93. The molecule has 0 bridgehead atoms. The molecule has 0 spiro atoms. The molecule has 1 rings (SSSR count). The molecule has 0 saturated heterocycles. The Kier molecular flexibility index (Phi) is 3.08. The lowest BCUT2D eigenvalue weighted by molar-refractivity contribution is -0.390. The molecule has 0 aliphatic carbocycles. The molecule has 8 heteroatoms. The van der Waals surface area contributed by atoms with Gasteiger partial charge in [-0.05, 0) is 9.91 Å². The van der Waals surface area contributed by atoms with Gasteiger partial charge in [0, 0.05) is 14.0 Å². The first-order valence-electron chi connectivity index (χ1n) is 4.02. The maximum absolute atomic E-state index is 10.6. The van der Waals surface area contributed by atoms with Gasteiger partial charge in [-0.3, -0.25) is 4.79 Å². The van der Waals surface area contributed by atoms with E-state index in [1.165, 1.54) is 18.5 Å². The number of nitrogens with zero attached hydrogens (tertiary/aromatic N) is 3. The molecule has 7 nitrogen and oxygen atoms in total. The molecule has 1 heterocycles. The maximum Gasteiger partial charge on any atom is 0.387 e. The molecule has 0 aliphatic rings. The van der Waals surface area contributed by atoms with E-state index in [1.54, 1.807) is 0 Å². The first kappa shape index (κ1) is 11.2. The average molecular weight is 209 g/mol. The van der Waals surface area contributed by atoms with Crippen LogP contribution in [0.3, 0.4) is 0 Å². The Balaban J connectivity index is 3.02. The second kappa shape index (κ2) is 4.12. The topological polar surface area (TPSA) is 87.3 Å². The number of ether oxygens (including phenoxy) is 1. The smallest absolute Gasteiger partial charge is 0.387 e. The van der Waals surface area contributed by atoms with Crippen molar-refractivity contribution in [1.29, 1.82) is 0 Å². The Bertz CT molecular complexity index is 415. The molecule has 0 unspecified atom stereocenters. The highest BCUT2D eigenvalue weighted by atomic mass is 16.6. The van der Waals surface area contributed by atoms with Crippen LogP contribution in [0.25, 0.3) is 0 Å². The summed E-state index contributed by atoms with van der Waals surface area (Å²) >= 11 is 0. The second-order valence-electron chi connectivity index (χ2n) is 2.84. The molecule has 78 valence electrons. The van der Waals surface area contributed by atoms with Crippen LogP contribution in [0.4, 0.5) is 5.82 Å². The van der Waals surface area contributed by atoms with E-state index in [-0.39, 0.29) is 18.0 Å². The Labute approximate surface area is 86.6 Å². The molecule has 0 N–H and O–H groups in total. The van der Waals surface area contributed by atoms with Crippen LogP contribution in [-0.2, 0) is 23.2 Å². The van der Waals surface area contributed by atoms with Crippen LogP contribution in [-0.4, -0.2) is 28.3 Å². The van der Waals surface area contributed by atoms with Crippen LogP contribution in [0, 0.1) is 10.1 Å². The van der Waals surface area contributed by atoms with Crippen LogP contribution >= 0.6 is 0 Å². The van der Waals surface area contributed by atoms with Gasteiger partial charge < -0.3 is 19.4 Å². The molecular weight excluding hydrogens is 201 g/mol. The minimum absolute atomic E-state index is 0.00357. The van der Waals surface area contributed by atoms with Gasteiger partial charge in [0.25, 0.3) is 0 Å². The Morgan fingerprint density at radius 1 is 1.73 bits per heavy atom. The molecule has 0 aromatic carbocycles. The normalized spacial score (nSPS) is 10.0. The van der Waals surface area contributed by atoms with E-state index in [9.17, 15) is 14.9 Å². The zero-order valence-electron chi connectivity index (χ0n) is 8.26. The van der Waals surface area contributed by atoms with E-state index in [0.29, 0.717) is 0 Å². The average Bonchev–Trinajstić information content (AvgIpc) is 2.41. The number of carbonyl (C=O) groups excluding carboxylic acids is 1. The standard InChI is InChI=1S/C7H8BN3O4/c1-4(12)15-3-5-6(11(13)14)9-7(8)10(5)2/h3H2,1-2H3. The Morgan fingerprint density at radius 2 is 2.33 bits per heavy atom. The summed E-state index contributed by atoms with van der Waals surface area (Å²) in [4.78, 5) is 24.0. The van der Waals surface area contributed by atoms with Gasteiger partial charge in [-0.25, -0.2) is 0 Å². The molecule has 0 atom stereocenters. The van der Waals surface area contributed by atoms with Crippen LogP contribution in [0.1, 0.15) is 12.6 Å². The van der Waals surface area contributed by atoms with E-state index in [0.717, 1.165) is 0 Å². The molecule has 1 aromatic heterocycles. The molecule has 15 heavy (non-hydrogen) atoms. The van der Waals surface area contributed by atoms with Crippen molar-refractivity contribution in [1.82, 2.24) is 9.55 Å². The number of aromatic nitrogens is 2. The summed E-state index contributed by atoms with van der Waals surface area (Å²) in [5.41, 5.74) is 0.163. The van der Waals surface area contributed by atoms with Gasteiger partial charge in [-0.2, -0.15) is 0 Å². The quantitative estimate of drug-likeness (QED) is 0.281. The fourth-order valence-corrected chi connectivity index (χ4v) is 1.01. The number of esters is 1. The molecule has 0 saturated carbocycles. The van der Waals surface area contributed by atoms with E-state index < -0.39 is 16.7 Å². The Hall–Kier alpha value is -1.86. The molecule has 0 amide bonds. The number of imidazole rings is 1. The molecule has 2 radical (unpaired) electrons. The van der Waals surface area contributed by atoms with Crippen LogP contribution in [0.2, 0.25) is 0 Å². The van der Waals surface area contributed by atoms with Crippen molar-refractivity contribution in [3.63, 3.8) is 0 Å². The summed E-state index contributed by atoms with van der Waals surface area (Å²) in [6, 6.07) is 0. The SMILES string of the molecule is [B]c1nc([N+](=O)[O-])c(COC(C)=O)n1C. The summed E-state index contributed by atoms with van der Waals surface area (Å²) in [7, 11) is 6.90. The fraction of sp³-hybridized carbons (Fsp3) is 0.429. The minimum atomic E-state index is -0.671. The largest absolute Gasteiger partial charge is 0.459 e. The number of carbonyl (C=O) groups is 1. The van der Waals surface area contributed by atoms with Crippen molar-refractivity contribution in [2.45, 2.75) is 13.5 Å². The van der Waals surface area contributed by atoms with Crippen molar-refractivity contribution in [3.8, 4) is 0 Å². The number of hydrogen-bond donors (Lipinski definition) is 0. The van der Waals surface area contributed by atoms with Gasteiger partial charge in [0.05, 0.1) is 0 Å². The number of rotatable bonds is 3. The third-order valence-corrected chi connectivity index (χ3v) is 1.81. The van der Waals surface area contributed by atoms with Crippen LogP contribution in [0.5, 0.6) is 0 Å². The van der Waals surface area contributed by atoms with Crippen LogP contribution in [0.15, 0.2) is 0 Å². The fourth-order valence-electron chi connectivity index (χ4n) is 1.01. The van der Waals surface area contributed by atoms with Gasteiger partial charge in [-0.1, -0.05) is 0 Å². The monoisotopic (exact) mass is 209 g/mol. The van der Waals surface area contributed by atoms with Crippen molar-refractivity contribution >= 4 is 25.4 Å². The first-order valence-corrected chi connectivity index (χ1v) is 4.02. The van der Waals surface area contributed by atoms with E-state index in [4.69, 9.17) is 7.85 Å². The maximum atomic E-state index is 10.6. The third-order valence-electron chi connectivity index (χ3n) is 1.81. The summed E-state index contributed by atoms with van der Waals surface area (Å²) in [5, 5.41) is 10.6. The highest BCUT2D eigenvalue weighted by molar-refractivity contribution is 6.29. The van der Waals surface area contributed by atoms with E-state index >= 15 is 0 Å². The highest BCUT2D eigenvalue weighted by Crippen LogP contribution is 2.14. The minimum Gasteiger partial charge on any atom is -0.459 e. The highest BCUT2D eigenvalue weighted by Gasteiger charge is 2.23. The van der Waals surface area contributed by atoms with Crippen molar-refractivity contribution in [2.24, 2.45) is 7.05 Å². The zero-order valence-corrected chi connectivity index (χ0v) is 8.26. The third kappa shape index (κ3) is 2.33. The second-order valence-corrected chi connectivity index (χ2v) is 2.84. The predicted molar refractivity (Wildman–Crippen MR) is 50.7 cm³/mol. The van der Waals surface area contributed by atoms with Gasteiger partial charge in [0.1, 0.15) is 6.61 Å². The molecule has 1 aromatic rings. The Morgan fingerprint density at radius 3 is 2.80 bits per heavy atom. The van der Waals surface area contributed by atoms with Crippen molar-refractivity contribution in [3.05, 3.63) is 15.8 Å². The summed E-state index contributed by atoms with van der Waals surface area (Å²) in [6.45, 7) is 0.998. The van der Waals surface area contributed by atoms with Crippen molar-refractivity contribution < 1.29 is 14.5 Å². The lowest BCUT2D eigenvalue weighted by atomic mass is 10.1. The van der Waals surface area contributed by atoms with Gasteiger partial charge in [0.2, 0.25) is 7.85 Å². The van der Waals surface area contributed by atoms with Gasteiger partial charge >= 0.3 is 11.8 Å². The van der Waals surface area contributed by atoms with Crippen molar-refractivity contribution in [2.75, 3.05) is 0 Å². The lowest BCUT2D eigenvalue weighted by Gasteiger charge is -2.02. The number of nitro groups is 1. The van der Waals surface area contributed by atoms with E-state index in [1.807, 2.05) is 0 Å². The van der Waals surface area contributed by atoms with Crippen LogP contribution < -0.4 is 5.72 Å². The molecule has 0 aliphatic heterocycles. The number of hydrogen-bond acceptors (Lipinski definition) is 5. The summed E-state index contributed by atoms with van der Waals surface area (Å²) in [6.07, 6.45) is 0. The van der Waals surface area contributed by atoms with E-state index in [2.05, 4.69) is 9.72 Å². The van der Waals surface area contributed by atoms with Gasteiger partial charge in [0.15, 0.2) is 11.4 Å². The lowest BCUT2D eigenvalue weighted by Crippen LogP contribution is -2.17. The zero-order chi connectivity index (χ0) is 11.6.